The molecule has 0 amide bonds. The molecule has 0 aromatic heterocycles. The predicted molar refractivity (Wildman–Crippen MR) is 63.7 cm³/mol. The van der Waals surface area contributed by atoms with Gasteiger partial charge in [0.25, 0.3) is 0 Å². The number of nitrogens with one attached hydrogen (secondary N) is 2. The second-order valence-corrected chi connectivity index (χ2v) is 3.57. The van der Waals surface area contributed by atoms with Gasteiger partial charge in [0.15, 0.2) is 0 Å². The summed E-state index contributed by atoms with van der Waals surface area (Å²) in [5.41, 5.74) is 18.2. The molecule has 0 fully saturated rings. The van der Waals surface area contributed by atoms with Crippen LogP contribution < -0.4 is 0 Å². The third-order valence-corrected chi connectivity index (χ3v) is 2.32. The molecule has 2 N–H and O–H groups in total. The first kappa shape index (κ1) is 26.4. The van der Waals surface area contributed by atoms with E-state index < -0.39 is 0 Å². The molecule has 0 saturated carbocycles. The van der Waals surface area contributed by atoms with Crippen molar-refractivity contribution in [2.24, 2.45) is 0 Å². The van der Waals surface area contributed by atoms with Crippen molar-refractivity contribution in [1.82, 2.24) is 0 Å². The maximum absolute atomic E-state index is 7.37. The molecule has 0 heterocycles. The molecule has 0 spiro atoms. The quantitative estimate of drug-likeness (QED) is 0.523. The van der Waals surface area contributed by atoms with Crippen molar-refractivity contribution in [1.29, 1.82) is 0 Å². The van der Waals surface area contributed by atoms with E-state index in [9.17, 15) is 0 Å². The second-order valence-electron chi connectivity index (χ2n) is 3.57. The third kappa shape index (κ3) is 9.95. The molecule has 2 rings (SSSR count). The van der Waals surface area contributed by atoms with Crippen LogP contribution in [-0.2, 0) is 137 Å². The minimum atomic E-state index is 0. The molecule has 4 radical (unpaired) electrons. The van der Waals surface area contributed by atoms with E-state index >= 15 is 0 Å². The zero-order valence-electron chi connectivity index (χ0n) is 10.6. The van der Waals surface area contributed by atoms with Crippen LogP contribution in [-0.4, -0.2) is 0 Å². The van der Waals surface area contributed by atoms with Crippen LogP contribution in [0.5, 0.6) is 0 Å². The summed E-state index contributed by atoms with van der Waals surface area (Å²) in [5, 5.41) is 0. The van der Waals surface area contributed by atoms with E-state index in [0.29, 0.717) is 11.4 Å². The summed E-state index contributed by atoms with van der Waals surface area (Å²) in [5.74, 6) is 0. The number of hydrogen-bond acceptors (Lipinski definition) is 0. The Bertz CT molecular complexity index is 400. The van der Waals surface area contributed by atoms with Gasteiger partial charge in [-0.1, -0.05) is 48.5 Å². The van der Waals surface area contributed by atoms with Gasteiger partial charge in [0.1, 0.15) is 0 Å². The van der Waals surface area contributed by atoms with E-state index in [-0.39, 0.29) is 131 Å². The minimum absolute atomic E-state index is 0. The average Bonchev–Trinajstić information content (AvgIpc) is 2.25. The Morgan fingerprint density at radius 3 is 1.05 bits per heavy atom. The molecule has 0 aliphatic rings. The van der Waals surface area contributed by atoms with Gasteiger partial charge in [0, 0.05) is 131 Å². The van der Waals surface area contributed by atoms with Gasteiger partial charge in [0.05, 0.1) is 0 Å². The van der Waals surface area contributed by atoms with E-state index in [1.165, 1.54) is 11.1 Å². The van der Waals surface area contributed by atoms with Crippen LogP contribution in [0.2, 0.25) is 0 Å². The zero-order valence-corrected chi connectivity index (χ0v) is 22.0. The fourth-order valence-corrected chi connectivity index (χ4v) is 1.48. The first-order valence-electron chi connectivity index (χ1n) is 4.85. The first-order valence-corrected chi connectivity index (χ1v) is 4.85. The maximum Gasteiger partial charge on any atom is 0 e. The molecule has 88 valence electrons. The van der Waals surface area contributed by atoms with Crippen LogP contribution >= 0.6 is 0 Å². The summed E-state index contributed by atoms with van der Waals surface area (Å²) in [6, 6.07) is 15.1. The molecule has 19 heavy (non-hydrogen) atoms. The Morgan fingerprint density at radius 2 is 0.789 bits per heavy atom. The Morgan fingerprint density at radius 1 is 0.526 bits per heavy atom. The van der Waals surface area contributed by atoms with Crippen molar-refractivity contribution >= 4 is 11.4 Å². The third-order valence-electron chi connectivity index (χ3n) is 2.32. The Kier molecular flexibility index (Phi) is 19.5. The summed E-state index contributed by atoms with van der Waals surface area (Å²) in [7, 11) is 0. The molecule has 0 saturated heterocycles. The second kappa shape index (κ2) is 14.1. The van der Waals surface area contributed by atoms with E-state index in [0.717, 1.165) is 6.42 Å². The van der Waals surface area contributed by atoms with Crippen LogP contribution in [0, 0.1) is 0 Å². The number of hydrogen-bond donors (Lipinski definition) is 0. The van der Waals surface area contributed by atoms with Gasteiger partial charge in [-0.15, -0.1) is 11.4 Å². The summed E-state index contributed by atoms with van der Waals surface area (Å²) in [4.78, 5) is 0. The molecule has 6 heteroatoms. The van der Waals surface area contributed by atoms with Crippen LogP contribution in [0.3, 0.4) is 0 Å². The summed E-state index contributed by atoms with van der Waals surface area (Å²) in [6.45, 7) is 0. The van der Waals surface area contributed by atoms with E-state index in [2.05, 4.69) is 0 Å². The molecule has 0 atom stereocenters. The van der Waals surface area contributed by atoms with Crippen molar-refractivity contribution in [3.63, 3.8) is 0 Å². The van der Waals surface area contributed by atoms with Gasteiger partial charge in [-0.3, -0.25) is 0 Å². The topological polar surface area (TPSA) is 47.6 Å². The van der Waals surface area contributed by atoms with Gasteiger partial charge in [-0.05, 0) is 17.5 Å². The predicted octanol–water partition coefficient (Wildman–Crippen LogP) is 4.63. The first-order chi connectivity index (χ1) is 7.24. The monoisotopic (exact) mass is 552 g/mol. The molecular weight excluding hydrogens is 540 g/mol. The zero-order chi connectivity index (χ0) is 10.7. The van der Waals surface area contributed by atoms with E-state index in [4.69, 9.17) is 11.5 Å². The van der Waals surface area contributed by atoms with Gasteiger partial charge in [-0.25, -0.2) is 0 Å². The molecule has 2 aromatic carbocycles. The largest absolute Gasteiger partial charge is 0.699 e. The van der Waals surface area contributed by atoms with Gasteiger partial charge in [0.2, 0.25) is 0 Å². The van der Waals surface area contributed by atoms with Crippen molar-refractivity contribution < 1.29 is 131 Å². The van der Waals surface area contributed by atoms with Crippen LogP contribution in [0.15, 0.2) is 48.5 Å². The fourth-order valence-electron chi connectivity index (χ4n) is 1.48. The molecule has 0 aliphatic carbocycles. The van der Waals surface area contributed by atoms with Gasteiger partial charge in [-0.2, -0.15) is 0 Å². The molecule has 2 nitrogen and oxygen atoms in total. The average molecular weight is 552 g/mol. The molecule has 0 unspecified atom stereocenters. The van der Waals surface area contributed by atoms with E-state index in [1.807, 2.05) is 24.3 Å². The summed E-state index contributed by atoms with van der Waals surface area (Å²) < 4.78 is 0. The van der Waals surface area contributed by atoms with Crippen molar-refractivity contribution in [2.75, 3.05) is 0 Å². The number of benzene rings is 2. The summed E-state index contributed by atoms with van der Waals surface area (Å²) in [6.07, 6.45) is 0.862. The molecule has 2 aromatic rings. The van der Waals surface area contributed by atoms with Crippen LogP contribution in [0.25, 0.3) is 11.5 Å². The minimum Gasteiger partial charge on any atom is -0.699 e. The maximum atomic E-state index is 7.37. The fraction of sp³-hybridized carbons (Fsp3) is 0.0769. The van der Waals surface area contributed by atoms with Crippen molar-refractivity contribution in [3.8, 4) is 0 Å². The smallest absolute Gasteiger partial charge is 0 e. The normalized spacial score (nSPS) is 8.00. The molecular formula is C13H12N2Y4-2. The van der Waals surface area contributed by atoms with E-state index in [1.54, 1.807) is 24.3 Å². The van der Waals surface area contributed by atoms with Gasteiger partial charge < -0.3 is 11.5 Å². The molecule has 0 bridgehead atoms. The van der Waals surface area contributed by atoms with Crippen LogP contribution in [0.1, 0.15) is 11.1 Å². The van der Waals surface area contributed by atoms with Gasteiger partial charge >= 0.3 is 0 Å². The standard InChI is InChI=1S/C13H12N2.4Y/c14-12-5-1-10(2-6-12)9-11-3-7-13(15)8-4-11;;;;/h1-8,14-15H,9H2;;;;/q-2;;;;. The van der Waals surface area contributed by atoms with Crippen molar-refractivity contribution in [2.45, 2.75) is 6.42 Å². The van der Waals surface area contributed by atoms with Crippen LogP contribution in [0.4, 0.5) is 11.4 Å². The molecule has 0 aliphatic heterocycles. The Labute approximate surface area is 215 Å². The van der Waals surface area contributed by atoms with Crippen molar-refractivity contribution in [3.05, 3.63) is 71.1 Å². The number of rotatable bonds is 2. The Hall–Kier alpha value is 2.46. The Balaban J connectivity index is -0.000000640. The summed E-state index contributed by atoms with van der Waals surface area (Å²) >= 11 is 0. The SMILES string of the molecule is [NH-]c1ccc(Cc2ccc([NH-])cc2)cc1.[Y].[Y].[Y].[Y].